The number of ether oxygens (including phenoxy) is 1. The summed E-state index contributed by atoms with van der Waals surface area (Å²) in [5, 5.41) is 3.97. The Morgan fingerprint density at radius 2 is 1.74 bits per heavy atom. The van der Waals surface area contributed by atoms with Crippen molar-refractivity contribution in [3.05, 3.63) is 65.2 Å². The van der Waals surface area contributed by atoms with Gasteiger partial charge in [0.05, 0.1) is 23.9 Å². The first-order valence-electron chi connectivity index (χ1n) is 8.33. The molecular formula is C19H18N4O3S. The lowest BCUT2D eigenvalue weighted by molar-refractivity contribution is 0.0647. The zero-order valence-electron chi connectivity index (χ0n) is 14.4. The summed E-state index contributed by atoms with van der Waals surface area (Å²) in [6.07, 6.45) is 2.14. The average molecular weight is 382 g/mol. The molecule has 138 valence electrons. The predicted octanol–water partition coefficient (Wildman–Crippen LogP) is 1.92. The van der Waals surface area contributed by atoms with Crippen LogP contribution < -0.4 is 15.9 Å². The number of hydrogen-bond acceptors (Lipinski definition) is 5. The lowest BCUT2D eigenvalue weighted by atomic mass is 10.1. The Labute approximate surface area is 161 Å². The smallest absolute Gasteiger partial charge is 0.261 e. The minimum absolute atomic E-state index is 0.101. The minimum Gasteiger partial charge on any atom is -0.494 e. The Morgan fingerprint density at radius 1 is 1.11 bits per heavy atom. The second-order valence-electron chi connectivity index (χ2n) is 5.81. The number of hydrazone groups is 1. The Balaban J connectivity index is 1.46. The van der Waals surface area contributed by atoms with Crippen LogP contribution in [0, 0.1) is 0 Å². The van der Waals surface area contributed by atoms with Crippen molar-refractivity contribution in [1.29, 1.82) is 0 Å². The summed E-state index contributed by atoms with van der Waals surface area (Å²) in [6.45, 7) is 0.714. The first-order valence-corrected chi connectivity index (χ1v) is 8.73. The van der Waals surface area contributed by atoms with Gasteiger partial charge in [0.15, 0.2) is 5.11 Å². The van der Waals surface area contributed by atoms with E-state index in [0.717, 1.165) is 5.56 Å². The second kappa shape index (κ2) is 8.41. The minimum atomic E-state index is -0.246. The molecule has 0 unspecified atom stereocenters. The van der Waals surface area contributed by atoms with Crippen molar-refractivity contribution in [1.82, 2.24) is 10.3 Å². The third-order valence-corrected chi connectivity index (χ3v) is 4.03. The van der Waals surface area contributed by atoms with Gasteiger partial charge in [-0.15, -0.1) is 0 Å². The van der Waals surface area contributed by atoms with E-state index in [1.165, 1.54) is 4.90 Å². The van der Waals surface area contributed by atoms with E-state index in [-0.39, 0.29) is 16.9 Å². The lowest BCUT2D eigenvalue weighted by Crippen LogP contribution is -2.31. The highest BCUT2D eigenvalue weighted by Gasteiger charge is 2.34. The molecule has 3 N–H and O–H groups in total. The van der Waals surface area contributed by atoms with E-state index in [1.54, 1.807) is 30.5 Å². The van der Waals surface area contributed by atoms with E-state index in [1.807, 2.05) is 24.3 Å². The van der Waals surface area contributed by atoms with E-state index in [0.29, 0.717) is 36.4 Å². The van der Waals surface area contributed by atoms with Gasteiger partial charge < -0.3 is 10.5 Å². The summed E-state index contributed by atoms with van der Waals surface area (Å²) >= 11 is 4.65. The van der Waals surface area contributed by atoms with Crippen molar-refractivity contribution < 1.29 is 14.3 Å². The van der Waals surface area contributed by atoms with Crippen LogP contribution in [0.4, 0.5) is 0 Å². The lowest BCUT2D eigenvalue weighted by Gasteiger charge is -2.14. The number of thiocarbonyl (C=S) groups is 1. The Hall–Kier alpha value is -3.26. The number of carbonyl (C=O) groups excluding carboxylic acids is 2. The van der Waals surface area contributed by atoms with Gasteiger partial charge in [0.25, 0.3) is 11.8 Å². The number of amides is 2. The highest BCUT2D eigenvalue weighted by molar-refractivity contribution is 7.80. The second-order valence-corrected chi connectivity index (χ2v) is 6.25. The van der Waals surface area contributed by atoms with Gasteiger partial charge >= 0.3 is 0 Å². The fourth-order valence-electron chi connectivity index (χ4n) is 2.68. The molecule has 1 aliphatic heterocycles. The SMILES string of the molecule is NC(=S)NN=Cc1ccc(OCCCN2C(=O)c3ccccc3C2=O)cc1. The maximum absolute atomic E-state index is 12.3. The van der Waals surface area contributed by atoms with Crippen LogP contribution in [0.25, 0.3) is 0 Å². The number of rotatable bonds is 7. The molecule has 0 atom stereocenters. The summed E-state index contributed by atoms with van der Waals surface area (Å²) in [6, 6.07) is 14.2. The third-order valence-electron chi connectivity index (χ3n) is 3.94. The molecule has 2 aromatic carbocycles. The van der Waals surface area contributed by atoms with Crippen LogP contribution in [0.2, 0.25) is 0 Å². The van der Waals surface area contributed by atoms with Crippen molar-refractivity contribution in [2.24, 2.45) is 10.8 Å². The molecule has 0 spiro atoms. The molecule has 0 aromatic heterocycles. The fraction of sp³-hybridized carbons (Fsp3) is 0.158. The molecule has 2 aromatic rings. The summed E-state index contributed by atoms with van der Waals surface area (Å²) in [5.41, 5.74) is 9.54. The van der Waals surface area contributed by atoms with Crippen LogP contribution in [0.5, 0.6) is 5.75 Å². The Kier molecular flexibility index (Phi) is 5.77. The number of carbonyl (C=O) groups is 2. The van der Waals surface area contributed by atoms with Gasteiger partial charge in [-0.2, -0.15) is 5.10 Å². The zero-order valence-corrected chi connectivity index (χ0v) is 15.2. The maximum atomic E-state index is 12.3. The fourth-order valence-corrected chi connectivity index (χ4v) is 2.73. The van der Waals surface area contributed by atoms with Crippen molar-refractivity contribution in [3.63, 3.8) is 0 Å². The number of nitrogens with one attached hydrogen (secondary N) is 1. The van der Waals surface area contributed by atoms with E-state index < -0.39 is 0 Å². The molecule has 0 aliphatic carbocycles. The van der Waals surface area contributed by atoms with Crippen LogP contribution in [-0.4, -0.2) is 41.2 Å². The topological polar surface area (TPSA) is 97.0 Å². The quantitative estimate of drug-likeness (QED) is 0.250. The molecule has 1 heterocycles. The van der Waals surface area contributed by atoms with Crippen molar-refractivity contribution in [3.8, 4) is 5.75 Å². The van der Waals surface area contributed by atoms with Crippen molar-refractivity contribution in [2.45, 2.75) is 6.42 Å². The predicted molar refractivity (Wildman–Crippen MR) is 106 cm³/mol. The normalized spacial score (nSPS) is 13.1. The summed E-state index contributed by atoms with van der Waals surface area (Å²) in [4.78, 5) is 25.8. The first kappa shape index (κ1) is 18.5. The maximum Gasteiger partial charge on any atom is 0.261 e. The Bertz CT molecular complexity index is 861. The number of fused-ring (bicyclic) bond motifs is 1. The molecular weight excluding hydrogens is 364 g/mol. The highest BCUT2D eigenvalue weighted by atomic mass is 32.1. The van der Waals surface area contributed by atoms with Crippen molar-refractivity contribution >= 4 is 35.4 Å². The van der Waals surface area contributed by atoms with E-state index in [2.05, 4.69) is 22.7 Å². The van der Waals surface area contributed by atoms with Crippen LogP contribution in [-0.2, 0) is 0 Å². The third kappa shape index (κ3) is 4.48. The molecule has 0 bridgehead atoms. The van der Waals surface area contributed by atoms with Gasteiger partial charge in [-0.3, -0.25) is 19.9 Å². The summed E-state index contributed by atoms with van der Waals surface area (Å²) in [5.74, 6) is 0.200. The monoisotopic (exact) mass is 382 g/mol. The van der Waals surface area contributed by atoms with Crippen LogP contribution in [0.3, 0.4) is 0 Å². The number of imide groups is 1. The number of nitrogens with zero attached hydrogens (tertiary/aromatic N) is 2. The van der Waals surface area contributed by atoms with Crippen LogP contribution >= 0.6 is 12.2 Å². The van der Waals surface area contributed by atoms with Crippen LogP contribution in [0.1, 0.15) is 32.7 Å². The highest BCUT2D eigenvalue weighted by Crippen LogP contribution is 2.22. The number of hydrogen-bond donors (Lipinski definition) is 2. The largest absolute Gasteiger partial charge is 0.494 e. The summed E-state index contributed by atoms with van der Waals surface area (Å²) in [7, 11) is 0. The van der Waals surface area contributed by atoms with E-state index in [9.17, 15) is 9.59 Å². The van der Waals surface area contributed by atoms with Gasteiger partial charge in [0.1, 0.15) is 5.75 Å². The van der Waals surface area contributed by atoms with Gasteiger partial charge in [0, 0.05) is 6.54 Å². The molecule has 0 saturated carbocycles. The number of nitrogens with two attached hydrogens (primary N) is 1. The first-order chi connectivity index (χ1) is 13.1. The van der Waals surface area contributed by atoms with E-state index in [4.69, 9.17) is 10.5 Å². The van der Waals surface area contributed by atoms with Gasteiger partial charge in [-0.25, -0.2) is 0 Å². The molecule has 7 nitrogen and oxygen atoms in total. The molecule has 0 radical (unpaired) electrons. The van der Waals surface area contributed by atoms with Gasteiger partial charge in [-0.05, 0) is 60.6 Å². The molecule has 0 fully saturated rings. The molecule has 2 amide bonds. The average Bonchev–Trinajstić information content (AvgIpc) is 2.91. The Morgan fingerprint density at radius 3 is 2.33 bits per heavy atom. The molecule has 1 aliphatic rings. The molecule has 3 rings (SSSR count). The zero-order chi connectivity index (χ0) is 19.2. The van der Waals surface area contributed by atoms with Crippen molar-refractivity contribution in [2.75, 3.05) is 13.2 Å². The molecule has 8 heteroatoms. The molecule has 27 heavy (non-hydrogen) atoms. The number of benzene rings is 2. The molecule has 0 saturated heterocycles. The van der Waals surface area contributed by atoms with Gasteiger partial charge in [-0.1, -0.05) is 12.1 Å². The van der Waals surface area contributed by atoms with Gasteiger partial charge in [0.2, 0.25) is 0 Å². The summed E-state index contributed by atoms with van der Waals surface area (Å²) < 4.78 is 5.66. The van der Waals surface area contributed by atoms with Crippen LogP contribution in [0.15, 0.2) is 53.6 Å². The van der Waals surface area contributed by atoms with E-state index >= 15 is 0 Å². The standard InChI is InChI=1S/C19H18N4O3S/c20-19(27)22-21-12-13-6-8-14(9-7-13)26-11-3-10-23-17(24)15-4-1-2-5-16(15)18(23)25/h1-2,4-9,12H,3,10-11H2,(H3,20,22,27).